The van der Waals surface area contributed by atoms with E-state index in [2.05, 4.69) is 47.0 Å². The highest BCUT2D eigenvalue weighted by Gasteiger charge is 2.30. The van der Waals surface area contributed by atoms with E-state index in [9.17, 15) is 9.59 Å². The van der Waals surface area contributed by atoms with Crippen molar-refractivity contribution in [2.24, 2.45) is 0 Å². The molecule has 0 aromatic heterocycles. The van der Waals surface area contributed by atoms with Crippen LogP contribution in [0.1, 0.15) is 25.3 Å². The van der Waals surface area contributed by atoms with E-state index in [0.717, 1.165) is 0 Å². The molecule has 1 aromatic carbocycles. The number of nitrogens with one attached hydrogen (secondary N) is 1. The maximum atomic E-state index is 11.7. The van der Waals surface area contributed by atoms with Crippen molar-refractivity contribution in [3.05, 3.63) is 47.0 Å². The number of anilines is 1. The standard InChI is InChI=1S/C12H15N.C11H11N3O2S/c1-2-11-5-7-12(8-6-11)13-9-3-4-10-13;1-3-5-13-10(16)8(6-12)11-14(4-2)9(15)7-17-11/h2,5-8H,1,3-4,9-10H2;1H,4-5,7H2,2H3,(H,13,16)/b;11-8-. The van der Waals surface area contributed by atoms with Gasteiger partial charge in [-0.3, -0.25) is 9.59 Å². The van der Waals surface area contributed by atoms with Crippen LogP contribution < -0.4 is 10.2 Å². The van der Waals surface area contributed by atoms with Crippen LogP contribution in [-0.4, -0.2) is 48.6 Å². The molecular formula is C23H26N4O2S. The SMILES string of the molecule is C#CCNC(=O)/C(C#N)=C1\SCC(=O)N1CC.C=Cc1ccc(N2CCCC2)cc1. The van der Waals surface area contributed by atoms with E-state index in [-0.39, 0.29) is 23.8 Å². The zero-order valence-corrected chi connectivity index (χ0v) is 18.0. The molecule has 2 aliphatic rings. The Morgan fingerprint density at radius 1 is 1.33 bits per heavy atom. The second-order valence-electron chi connectivity index (χ2n) is 6.60. The third-order valence-corrected chi connectivity index (χ3v) is 5.79. The molecule has 2 saturated heterocycles. The fraction of sp³-hybridized carbons (Fsp3) is 0.348. The Morgan fingerprint density at radius 2 is 2.00 bits per heavy atom. The highest BCUT2D eigenvalue weighted by atomic mass is 32.2. The van der Waals surface area contributed by atoms with Gasteiger partial charge in [-0.1, -0.05) is 42.5 Å². The molecule has 2 aliphatic heterocycles. The zero-order chi connectivity index (χ0) is 21.9. The number of carbonyl (C=O) groups is 2. The van der Waals surface area contributed by atoms with E-state index in [0.29, 0.717) is 11.6 Å². The van der Waals surface area contributed by atoms with E-state index in [4.69, 9.17) is 11.7 Å². The van der Waals surface area contributed by atoms with E-state index in [1.165, 1.54) is 53.8 Å². The van der Waals surface area contributed by atoms with Gasteiger partial charge in [-0.25, -0.2) is 0 Å². The molecule has 30 heavy (non-hydrogen) atoms. The third kappa shape index (κ3) is 5.92. The lowest BCUT2D eigenvalue weighted by Gasteiger charge is -2.17. The summed E-state index contributed by atoms with van der Waals surface area (Å²) in [6.45, 7) is 8.46. The van der Waals surface area contributed by atoms with Gasteiger partial charge < -0.3 is 15.1 Å². The summed E-state index contributed by atoms with van der Waals surface area (Å²) in [6, 6.07) is 10.4. The number of amides is 2. The van der Waals surface area contributed by atoms with Crippen molar-refractivity contribution >= 4 is 35.3 Å². The van der Waals surface area contributed by atoms with Gasteiger partial charge in [0.1, 0.15) is 16.7 Å². The van der Waals surface area contributed by atoms with Crippen LogP contribution in [0.5, 0.6) is 0 Å². The van der Waals surface area contributed by atoms with Gasteiger partial charge in [-0.05, 0) is 37.5 Å². The number of carbonyl (C=O) groups excluding carboxylic acids is 2. The topological polar surface area (TPSA) is 76.4 Å². The molecule has 1 N–H and O–H groups in total. The number of nitrogens with zero attached hydrogens (tertiary/aromatic N) is 3. The minimum atomic E-state index is -0.541. The van der Waals surface area contributed by atoms with Crippen LogP contribution in [0.2, 0.25) is 0 Å². The van der Waals surface area contributed by atoms with Gasteiger partial charge in [0.15, 0.2) is 0 Å². The Kier molecular flexibility index (Phi) is 9.05. The minimum Gasteiger partial charge on any atom is -0.372 e. The lowest BCUT2D eigenvalue weighted by molar-refractivity contribution is -0.125. The lowest BCUT2D eigenvalue weighted by Crippen LogP contribution is -2.29. The monoisotopic (exact) mass is 422 g/mol. The molecule has 2 fully saturated rings. The van der Waals surface area contributed by atoms with Gasteiger partial charge in [0, 0.05) is 25.3 Å². The molecule has 2 heterocycles. The molecule has 3 rings (SSSR count). The van der Waals surface area contributed by atoms with E-state index in [1.807, 2.05) is 12.1 Å². The van der Waals surface area contributed by atoms with Gasteiger partial charge >= 0.3 is 0 Å². The highest BCUT2D eigenvalue weighted by Crippen LogP contribution is 2.31. The average molecular weight is 423 g/mol. The second-order valence-corrected chi connectivity index (χ2v) is 7.56. The molecule has 156 valence electrons. The average Bonchev–Trinajstić information content (AvgIpc) is 3.43. The smallest absolute Gasteiger partial charge is 0.265 e. The largest absolute Gasteiger partial charge is 0.372 e. The third-order valence-electron chi connectivity index (χ3n) is 4.70. The van der Waals surface area contributed by atoms with E-state index < -0.39 is 5.91 Å². The first-order chi connectivity index (χ1) is 14.5. The normalized spacial score (nSPS) is 16.8. The van der Waals surface area contributed by atoms with Crippen LogP contribution >= 0.6 is 11.8 Å². The van der Waals surface area contributed by atoms with E-state index >= 15 is 0 Å². The van der Waals surface area contributed by atoms with Crippen LogP contribution in [0.25, 0.3) is 6.08 Å². The Hall–Kier alpha value is -3.16. The summed E-state index contributed by atoms with van der Waals surface area (Å²) < 4.78 is 0. The van der Waals surface area contributed by atoms with Crippen molar-refractivity contribution in [1.29, 1.82) is 5.26 Å². The van der Waals surface area contributed by atoms with Crippen LogP contribution in [0.4, 0.5) is 5.69 Å². The van der Waals surface area contributed by atoms with Gasteiger partial charge in [0.25, 0.3) is 5.91 Å². The molecule has 2 amide bonds. The van der Waals surface area contributed by atoms with E-state index in [1.54, 1.807) is 6.92 Å². The summed E-state index contributed by atoms with van der Waals surface area (Å²) in [6.07, 6.45) is 9.57. The first-order valence-corrected chi connectivity index (χ1v) is 10.8. The van der Waals surface area contributed by atoms with Crippen LogP contribution in [0, 0.1) is 23.7 Å². The number of hydrogen-bond acceptors (Lipinski definition) is 5. The maximum absolute atomic E-state index is 11.7. The van der Waals surface area contributed by atoms with Crippen LogP contribution in [0.15, 0.2) is 41.4 Å². The Morgan fingerprint density at radius 3 is 2.53 bits per heavy atom. The van der Waals surface area contributed by atoms with Crippen LogP contribution in [0.3, 0.4) is 0 Å². The molecule has 0 unspecified atom stereocenters. The highest BCUT2D eigenvalue weighted by molar-refractivity contribution is 8.04. The number of hydrogen-bond donors (Lipinski definition) is 1. The fourth-order valence-corrected chi connectivity index (χ4v) is 4.22. The molecule has 7 heteroatoms. The number of rotatable bonds is 5. The quantitative estimate of drug-likeness (QED) is 0.448. The van der Waals surface area contributed by atoms with Crippen molar-refractivity contribution < 1.29 is 9.59 Å². The summed E-state index contributed by atoms with van der Waals surface area (Å²) in [7, 11) is 0. The molecule has 0 saturated carbocycles. The first kappa shape index (κ1) is 23.1. The zero-order valence-electron chi connectivity index (χ0n) is 17.2. The number of nitriles is 1. The molecule has 0 radical (unpaired) electrons. The predicted molar refractivity (Wildman–Crippen MR) is 122 cm³/mol. The predicted octanol–water partition coefficient (Wildman–Crippen LogP) is 3.00. The summed E-state index contributed by atoms with van der Waals surface area (Å²) >= 11 is 1.20. The van der Waals surface area contributed by atoms with Gasteiger partial charge in [0.2, 0.25) is 5.91 Å². The Balaban J connectivity index is 0.000000220. The minimum absolute atomic E-state index is 0.0575. The summed E-state index contributed by atoms with van der Waals surface area (Å²) in [5, 5.41) is 11.8. The van der Waals surface area contributed by atoms with Crippen molar-refractivity contribution in [2.45, 2.75) is 19.8 Å². The van der Waals surface area contributed by atoms with Crippen LogP contribution in [-0.2, 0) is 9.59 Å². The van der Waals surface area contributed by atoms with Gasteiger partial charge in [-0.15, -0.1) is 6.42 Å². The van der Waals surface area contributed by atoms with Crippen molar-refractivity contribution in [1.82, 2.24) is 10.2 Å². The van der Waals surface area contributed by atoms with Gasteiger partial charge in [0.05, 0.1) is 12.3 Å². The maximum Gasteiger partial charge on any atom is 0.265 e. The summed E-state index contributed by atoms with van der Waals surface area (Å²) in [4.78, 5) is 27.0. The Bertz CT molecular complexity index is 887. The molecule has 0 spiro atoms. The number of benzene rings is 1. The van der Waals surface area contributed by atoms with Crippen molar-refractivity contribution in [3.63, 3.8) is 0 Å². The molecule has 0 bridgehead atoms. The number of thioether (sulfide) groups is 1. The Labute approximate surface area is 182 Å². The summed E-state index contributed by atoms with van der Waals surface area (Å²) in [5.41, 5.74) is 2.49. The molecule has 0 atom stereocenters. The number of terminal acetylenes is 1. The summed E-state index contributed by atoms with van der Waals surface area (Å²) in [5.74, 6) is 1.88. The molecular weight excluding hydrogens is 396 g/mol. The van der Waals surface area contributed by atoms with Crippen molar-refractivity contribution in [2.75, 3.05) is 36.8 Å². The second kappa shape index (κ2) is 11.7. The fourth-order valence-electron chi connectivity index (χ4n) is 3.14. The first-order valence-electron chi connectivity index (χ1n) is 9.82. The molecule has 0 aliphatic carbocycles. The van der Waals surface area contributed by atoms with Gasteiger partial charge in [-0.2, -0.15) is 5.26 Å². The van der Waals surface area contributed by atoms with Crippen molar-refractivity contribution in [3.8, 4) is 18.4 Å². The molecule has 1 aromatic rings. The lowest BCUT2D eigenvalue weighted by atomic mass is 10.2. The molecule has 6 nitrogen and oxygen atoms in total.